The first-order valence-corrected chi connectivity index (χ1v) is 13.5. The van der Waals surface area contributed by atoms with Crippen molar-refractivity contribution in [1.29, 1.82) is 0 Å². The molecule has 0 radical (unpaired) electrons. The van der Waals surface area contributed by atoms with Crippen LogP contribution in [-0.4, -0.2) is 48.1 Å². The number of piperidine rings is 2. The van der Waals surface area contributed by atoms with E-state index in [0.29, 0.717) is 36.7 Å². The minimum Gasteiger partial charge on any atom is -0.492 e. The molecule has 2 aliphatic heterocycles. The number of fused-ring (bicyclic) bond motifs is 2. The second-order valence-corrected chi connectivity index (χ2v) is 9.81. The number of aryl methyl sites for hydroxylation is 2. The maximum Gasteiger partial charge on any atom is 0.319 e. The second kappa shape index (κ2) is 12.3. The van der Waals surface area contributed by atoms with Gasteiger partial charge in [-0.05, 0) is 68.7 Å². The smallest absolute Gasteiger partial charge is 0.319 e. The van der Waals surface area contributed by atoms with E-state index in [4.69, 9.17) is 4.74 Å². The number of hydrogen-bond donors (Lipinski definition) is 3. The SMILES string of the molecule is CCOc1ccccc1NC(=O)NC1C[C@H]2CCC[C@H](C1)N2CC(=O)Nc1c(CC)cccc1CC. The van der Waals surface area contributed by atoms with Crippen LogP contribution in [0.2, 0.25) is 0 Å². The summed E-state index contributed by atoms with van der Waals surface area (Å²) < 4.78 is 5.62. The van der Waals surface area contributed by atoms with Crippen LogP contribution in [0, 0.1) is 0 Å². The summed E-state index contributed by atoms with van der Waals surface area (Å²) in [7, 11) is 0. The van der Waals surface area contributed by atoms with Gasteiger partial charge in [0.15, 0.2) is 0 Å². The Morgan fingerprint density at radius 2 is 1.58 bits per heavy atom. The highest BCUT2D eigenvalue weighted by molar-refractivity contribution is 5.94. The molecule has 2 fully saturated rings. The van der Waals surface area contributed by atoms with Crippen molar-refractivity contribution in [2.75, 3.05) is 23.8 Å². The third kappa shape index (κ3) is 6.19. The quantitative estimate of drug-likeness (QED) is 0.440. The largest absolute Gasteiger partial charge is 0.492 e. The highest BCUT2D eigenvalue weighted by Gasteiger charge is 2.39. The number of ether oxygens (including phenoxy) is 1. The number of benzene rings is 2. The van der Waals surface area contributed by atoms with Gasteiger partial charge in [0.25, 0.3) is 0 Å². The van der Waals surface area contributed by atoms with Crippen molar-refractivity contribution in [2.45, 2.75) is 83.8 Å². The molecule has 0 aliphatic carbocycles. The van der Waals surface area contributed by atoms with Gasteiger partial charge in [-0.2, -0.15) is 0 Å². The monoisotopic (exact) mass is 492 g/mol. The summed E-state index contributed by atoms with van der Waals surface area (Å²) in [6.07, 6.45) is 6.79. The molecule has 7 heteroatoms. The number of nitrogens with one attached hydrogen (secondary N) is 3. The van der Waals surface area contributed by atoms with Crippen LogP contribution in [0.4, 0.5) is 16.2 Å². The Kier molecular flexibility index (Phi) is 8.86. The lowest BCUT2D eigenvalue weighted by molar-refractivity contribution is -0.120. The molecule has 0 spiro atoms. The summed E-state index contributed by atoms with van der Waals surface area (Å²) >= 11 is 0. The topological polar surface area (TPSA) is 82.7 Å². The number of anilines is 2. The lowest BCUT2D eigenvalue weighted by Gasteiger charge is -2.48. The highest BCUT2D eigenvalue weighted by atomic mass is 16.5. The van der Waals surface area contributed by atoms with Crippen LogP contribution in [0.3, 0.4) is 0 Å². The Morgan fingerprint density at radius 1 is 0.917 bits per heavy atom. The summed E-state index contributed by atoms with van der Waals surface area (Å²) in [6.45, 7) is 7.11. The molecule has 36 heavy (non-hydrogen) atoms. The third-order valence-electron chi connectivity index (χ3n) is 7.49. The van der Waals surface area contributed by atoms with Gasteiger partial charge in [-0.15, -0.1) is 0 Å². The normalized spacial score (nSPS) is 21.5. The van der Waals surface area contributed by atoms with Crippen LogP contribution in [0.5, 0.6) is 5.75 Å². The second-order valence-electron chi connectivity index (χ2n) is 9.81. The van der Waals surface area contributed by atoms with Crippen molar-refractivity contribution in [3.8, 4) is 5.75 Å². The highest BCUT2D eigenvalue weighted by Crippen LogP contribution is 2.34. The molecule has 2 saturated heterocycles. The van der Waals surface area contributed by atoms with Crippen molar-refractivity contribution < 1.29 is 14.3 Å². The van der Waals surface area contributed by atoms with Gasteiger partial charge in [0.2, 0.25) is 5.91 Å². The van der Waals surface area contributed by atoms with Gasteiger partial charge in [0, 0.05) is 23.8 Å². The molecule has 194 valence electrons. The zero-order valence-corrected chi connectivity index (χ0v) is 21.8. The molecule has 2 atom stereocenters. The number of amides is 3. The van der Waals surface area contributed by atoms with E-state index in [2.05, 4.69) is 52.9 Å². The standard InChI is InChI=1S/C29H40N4O3/c1-4-20-11-9-12-21(5-2)28(20)32-27(34)19-33-23-13-10-14-24(33)18-22(17-23)30-29(35)31-25-15-7-8-16-26(25)36-6-3/h7-9,11-12,15-16,22-24H,4-6,10,13-14,17-19H2,1-3H3,(H,32,34)(H2,30,31,35)/t23-,24-/m1/s1. The first-order valence-electron chi connectivity index (χ1n) is 13.5. The molecule has 0 unspecified atom stereocenters. The number of hydrogen-bond acceptors (Lipinski definition) is 4. The Balaban J connectivity index is 1.35. The maximum absolute atomic E-state index is 13.2. The minimum absolute atomic E-state index is 0.0548. The molecular weight excluding hydrogens is 452 g/mol. The van der Waals surface area contributed by atoms with Crippen LogP contribution in [-0.2, 0) is 17.6 Å². The van der Waals surface area contributed by atoms with E-state index in [1.54, 1.807) is 0 Å². The molecule has 2 aromatic carbocycles. The summed E-state index contributed by atoms with van der Waals surface area (Å²) in [4.78, 5) is 28.3. The van der Waals surface area contributed by atoms with Crippen LogP contribution in [0.25, 0.3) is 0 Å². The Hall–Kier alpha value is -3.06. The van der Waals surface area contributed by atoms with E-state index in [-0.39, 0.29) is 18.0 Å². The first-order chi connectivity index (χ1) is 17.5. The molecule has 0 aromatic heterocycles. The van der Waals surface area contributed by atoms with E-state index in [9.17, 15) is 9.59 Å². The molecule has 3 N–H and O–H groups in total. The maximum atomic E-state index is 13.2. The van der Waals surface area contributed by atoms with Gasteiger partial charge >= 0.3 is 6.03 Å². The lowest BCUT2D eigenvalue weighted by atomic mass is 9.81. The molecular formula is C29H40N4O3. The number of rotatable bonds is 9. The zero-order chi connectivity index (χ0) is 25.5. The summed E-state index contributed by atoms with van der Waals surface area (Å²) in [5.41, 5.74) is 4.02. The van der Waals surface area contributed by atoms with E-state index in [1.807, 2.05) is 31.2 Å². The van der Waals surface area contributed by atoms with Gasteiger partial charge < -0.3 is 20.7 Å². The number of para-hydroxylation sites is 3. The number of carbonyl (C=O) groups excluding carboxylic acids is 2. The van der Waals surface area contributed by atoms with Gasteiger partial charge in [0.05, 0.1) is 18.8 Å². The fourth-order valence-electron chi connectivity index (χ4n) is 5.80. The van der Waals surface area contributed by atoms with E-state index >= 15 is 0 Å². The van der Waals surface area contributed by atoms with E-state index in [1.165, 1.54) is 17.5 Å². The predicted molar refractivity (Wildman–Crippen MR) is 145 cm³/mol. The number of urea groups is 1. The fraction of sp³-hybridized carbons (Fsp3) is 0.517. The van der Waals surface area contributed by atoms with Crippen molar-refractivity contribution >= 4 is 23.3 Å². The molecule has 2 bridgehead atoms. The Morgan fingerprint density at radius 3 is 2.22 bits per heavy atom. The molecule has 2 heterocycles. The van der Waals surface area contributed by atoms with E-state index in [0.717, 1.165) is 44.2 Å². The van der Waals surface area contributed by atoms with Gasteiger partial charge in [-0.3, -0.25) is 9.69 Å². The van der Waals surface area contributed by atoms with Crippen LogP contribution >= 0.6 is 0 Å². The van der Waals surface area contributed by atoms with Gasteiger partial charge in [-0.25, -0.2) is 4.79 Å². The van der Waals surface area contributed by atoms with Crippen LogP contribution < -0.4 is 20.7 Å². The van der Waals surface area contributed by atoms with Crippen molar-refractivity contribution in [2.24, 2.45) is 0 Å². The van der Waals surface area contributed by atoms with Crippen molar-refractivity contribution in [3.63, 3.8) is 0 Å². The molecule has 7 nitrogen and oxygen atoms in total. The molecule has 0 saturated carbocycles. The fourth-order valence-corrected chi connectivity index (χ4v) is 5.80. The summed E-state index contributed by atoms with van der Waals surface area (Å²) in [5, 5.41) is 9.36. The van der Waals surface area contributed by atoms with Crippen molar-refractivity contribution in [3.05, 3.63) is 53.6 Å². The summed E-state index contributed by atoms with van der Waals surface area (Å²) in [6, 6.07) is 14.2. The molecule has 2 aliphatic rings. The average molecular weight is 493 g/mol. The Bertz CT molecular complexity index is 1020. The lowest BCUT2D eigenvalue weighted by Crippen LogP contribution is -2.58. The molecule has 3 amide bonds. The van der Waals surface area contributed by atoms with Crippen LogP contribution in [0.15, 0.2) is 42.5 Å². The van der Waals surface area contributed by atoms with Gasteiger partial charge in [0.1, 0.15) is 5.75 Å². The zero-order valence-electron chi connectivity index (χ0n) is 21.8. The molecule has 2 aromatic rings. The predicted octanol–water partition coefficient (Wildman–Crippen LogP) is 5.36. The summed E-state index contributed by atoms with van der Waals surface area (Å²) in [5.74, 6) is 0.725. The average Bonchev–Trinajstić information content (AvgIpc) is 2.86. The number of nitrogens with zero attached hydrogens (tertiary/aromatic N) is 1. The molecule has 4 rings (SSSR count). The number of carbonyl (C=O) groups is 2. The van der Waals surface area contributed by atoms with Gasteiger partial charge in [-0.1, -0.05) is 50.6 Å². The third-order valence-corrected chi connectivity index (χ3v) is 7.49. The van der Waals surface area contributed by atoms with E-state index < -0.39 is 0 Å². The Labute approximate surface area is 215 Å². The van der Waals surface area contributed by atoms with Crippen molar-refractivity contribution in [1.82, 2.24) is 10.2 Å². The van der Waals surface area contributed by atoms with Crippen LogP contribution in [0.1, 0.15) is 64.0 Å². The minimum atomic E-state index is -0.209. The first kappa shape index (κ1) is 26.0.